The third-order valence-corrected chi connectivity index (χ3v) is 5.50. The molecule has 2 rings (SSSR count). The molecular weight excluding hydrogens is 296 g/mol. The summed E-state index contributed by atoms with van der Waals surface area (Å²) >= 11 is 0. The van der Waals surface area contributed by atoms with Crippen molar-refractivity contribution in [1.82, 2.24) is 10.2 Å². The van der Waals surface area contributed by atoms with E-state index in [4.69, 9.17) is 0 Å². The summed E-state index contributed by atoms with van der Waals surface area (Å²) in [5.74, 6) is 0.180. The van der Waals surface area contributed by atoms with Crippen LogP contribution >= 0.6 is 0 Å². The lowest BCUT2D eigenvalue weighted by atomic mass is 9.79. The zero-order valence-corrected chi connectivity index (χ0v) is 15.7. The van der Waals surface area contributed by atoms with Gasteiger partial charge >= 0.3 is 0 Å². The van der Waals surface area contributed by atoms with E-state index in [1.54, 1.807) is 0 Å². The monoisotopic (exact) mass is 330 g/mol. The summed E-state index contributed by atoms with van der Waals surface area (Å²) in [4.78, 5) is 15.0. The minimum Gasteiger partial charge on any atom is -0.354 e. The van der Waals surface area contributed by atoms with Gasteiger partial charge in [0.1, 0.15) is 0 Å². The van der Waals surface area contributed by atoms with Crippen LogP contribution in [-0.4, -0.2) is 36.5 Å². The standard InChI is InChI=1S/C21H34N2O/c1-4-15-23(16-5-2)18(3)20(24)22-17-21(13-9-10-14-21)19-11-7-6-8-12-19/h6-8,11-12,18H,4-5,9-10,13-17H2,1-3H3,(H,22,24)/t18-/m0/s1. The SMILES string of the molecule is CCCN(CCC)[C@@H](C)C(=O)NCC1(c2ccccc2)CCCC1. The van der Waals surface area contributed by atoms with Gasteiger partial charge in [0.2, 0.25) is 5.91 Å². The Balaban J connectivity index is 2.00. The number of nitrogens with zero attached hydrogens (tertiary/aromatic N) is 1. The zero-order chi connectivity index (χ0) is 17.4. The van der Waals surface area contributed by atoms with E-state index in [1.165, 1.54) is 31.2 Å². The lowest BCUT2D eigenvalue weighted by Crippen LogP contribution is -2.49. The predicted molar refractivity (Wildman–Crippen MR) is 101 cm³/mol. The van der Waals surface area contributed by atoms with Crippen molar-refractivity contribution < 1.29 is 4.79 Å². The molecule has 1 aliphatic carbocycles. The molecule has 0 unspecified atom stereocenters. The van der Waals surface area contributed by atoms with Gasteiger partial charge in [-0.25, -0.2) is 0 Å². The van der Waals surface area contributed by atoms with Crippen LogP contribution in [0.25, 0.3) is 0 Å². The summed E-state index contributed by atoms with van der Waals surface area (Å²) < 4.78 is 0. The Morgan fingerprint density at radius 3 is 2.25 bits per heavy atom. The molecule has 0 spiro atoms. The van der Waals surface area contributed by atoms with Crippen LogP contribution in [0.2, 0.25) is 0 Å². The largest absolute Gasteiger partial charge is 0.354 e. The van der Waals surface area contributed by atoms with Crippen LogP contribution < -0.4 is 5.32 Å². The van der Waals surface area contributed by atoms with Crippen molar-refractivity contribution in [3.63, 3.8) is 0 Å². The molecule has 0 saturated heterocycles. The van der Waals surface area contributed by atoms with Crippen molar-refractivity contribution >= 4 is 5.91 Å². The van der Waals surface area contributed by atoms with E-state index < -0.39 is 0 Å². The fraction of sp³-hybridized carbons (Fsp3) is 0.667. The van der Waals surface area contributed by atoms with Crippen LogP contribution in [0.3, 0.4) is 0 Å². The van der Waals surface area contributed by atoms with Gasteiger partial charge in [0.25, 0.3) is 0 Å². The smallest absolute Gasteiger partial charge is 0.237 e. The summed E-state index contributed by atoms with van der Waals surface area (Å²) in [6.07, 6.45) is 7.06. The van der Waals surface area contributed by atoms with E-state index in [1.807, 2.05) is 6.92 Å². The number of hydrogen-bond donors (Lipinski definition) is 1. The van der Waals surface area contributed by atoms with Crippen LogP contribution in [-0.2, 0) is 10.2 Å². The van der Waals surface area contributed by atoms with E-state index in [9.17, 15) is 4.79 Å². The molecule has 0 bridgehead atoms. The molecule has 1 aromatic carbocycles. The van der Waals surface area contributed by atoms with Gasteiger partial charge in [-0.2, -0.15) is 0 Å². The molecule has 1 fully saturated rings. The van der Waals surface area contributed by atoms with Gasteiger partial charge in [-0.1, -0.05) is 57.0 Å². The third-order valence-electron chi connectivity index (χ3n) is 5.50. The first-order valence-corrected chi connectivity index (χ1v) is 9.70. The highest BCUT2D eigenvalue weighted by Gasteiger charge is 2.36. The average molecular weight is 331 g/mol. The first-order chi connectivity index (χ1) is 11.6. The van der Waals surface area contributed by atoms with Crippen LogP contribution in [0.1, 0.15) is 64.9 Å². The second-order valence-corrected chi connectivity index (χ2v) is 7.28. The first-order valence-electron chi connectivity index (χ1n) is 9.70. The lowest BCUT2D eigenvalue weighted by Gasteiger charge is -2.32. The van der Waals surface area contributed by atoms with Crippen molar-refractivity contribution in [1.29, 1.82) is 0 Å². The Bertz CT molecular complexity index is 488. The molecular formula is C21H34N2O. The van der Waals surface area contributed by atoms with Crippen LogP contribution in [0, 0.1) is 0 Å². The molecule has 134 valence electrons. The quantitative estimate of drug-likeness (QED) is 0.738. The summed E-state index contributed by atoms with van der Waals surface area (Å²) in [5.41, 5.74) is 1.52. The summed E-state index contributed by atoms with van der Waals surface area (Å²) in [7, 11) is 0. The van der Waals surface area contributed by atoms with E-state index in [-0.39, 0.29) is 17.4 Å². The maximum atomic E-state index is 12.7. The summed E-state index contributed by atoms with van der Waals surface area (Å²) in [6, 6.07) is 10.7. The molecule has 0 aliphatic heterocycles. The molecule has 1 atom stereocenters. The second kappa shape index (κ2) is 9.22. The maximum Gasteiger partial charge on any atom is 0.237 e. The maximum absolute atomic E-state index is 12.7. The molecule has 3 heteroatoms. The lowest BCUT2D eigenvalue weighted by molar-refractivity contribution is -0.126. The Morgan fingerprint density at radius 1 is 1.12 bits per heavy atom. The van der Waals surface area contributed by atoms with Gasteiger partial charge in [-0.15, -0.1) is 0 Å². The average Bonchev–Trinajstić information content (AvgIpc) is 3.10. The van der Waals surface area contributed by atoms with Gasteiger partial charge in [-0.3, -0.25) is 9.69 Å². The molecule has 0 heterocycles. The normalized spacial score (nSPS) is 17.8. The van der Waals surface area contributed by atoms with Crippen molar-refractivity contribution in [3.05, 3.63) is 35.9 Å². The fourth-order valence-corrected chi connectivity index (χ4v) is 4.05. The van der Waals surface area contributed by atoms with Crippen molar-refractivity contribution in [3.8, 4) is 0 Å². The molecule has 1 aromatic rings. The molecule has 1 amide bonds. The Kier molecular flexibility index (Phi) is 7.29. The fourth-order valence-electron chi connectivity index (χ4n) is 4.05. The van der Waals surface area contributed by atoms with E-state index in [0.717, 1.165) is 32.5 Å². The van der Waals surface area contributed by atoms with Gasteiger partial charge in [0.15, 0.2) is 0 Å². The Hall–Kier alpha value is -1.35. The number of carbonyl (C=O) groups is 1. The zero-order valence-electron chi connectivity index (χ0n) is 15.7. The van der Waals surface area contributed by atoms with Crippen molar-refractivity contribution in [2.24, 2.45) is 0 Å². The molecule has 1 aliphatic rings. The van der Waals surface area contributed by atoms with E-state index in [0.29, 0.717) is 0 Å². The van der Waals surface area contributed by atoms with Gasteiger partial charge < -0.3 is 5.32 Å². The van der Waals surface area contributed by atoms with Crippen molar-refractivity contribution in [2.45, 2.75) is 70.8 Å². The predicted octanol–water partition coefficient (Wildman–Crippen LogP) is 4.13. The van der Waals surface area contributed by atoms with E-state index >= 15 is 0 Å². The van der Waals surface area contributed by atoms with Crippen LogP contribution in [0.15, 0.2) is 30.3 Å². The number of rotatable bonds is 9. The minimum absolute atomic E-state index is 0.0425. The molecule has 0 radical (unpaired) electrons. The Morgan fingerprint density at radius 2 is 1.71 bits per heavy atom. The summed E-state index contributed by atoms with van der Waals surface area (Å²) in [5, 5.41) is 3.28. The van der Waals surface area contributed by atoms with Gasteiger partial charge in [0.05, 0.1) is 6.04 Å². The van der Waals surface area contributed by atoms with Crippen molar-refractivity contribution in [2.75, 3.05) is 19.6 Å². The number of hydrogen-bond acceptors (Lipinski definition) is 2. The third kappa shape index (κ3) is 4.60. The summed E-state index contributed by atoms with van der Waals surface area (Å²) in [6.45, 7) is 9.15. The number of nitrogens with one attached hydrogen (secondary N) is 1. The Labute approximate surface area is 147 Å². The second-order valence-electron chi connectivity index (χ2n) is 7.28. The number of amides is 1. The topological polar surface area (TPSA) is 32.3 Å². The first kappa shape index (κ1) is 19.0. The molecule has 24 heavy (non-hydrogen) atoms. The minimum atomic E-state index is -0.0425. The van der Waals surface area contributed by atoms with E-state index in [2.05, 4.69) is 54.4 Å². The molecule has 0 aromatic heterocycles. The highest BCUT2D eigenvalue weighted by atomic mass is 16.2. The van der Waals surface area contributed by atoms with Crippen LogP contribution in [0.4, 0.5) is 0 Å². The van der Waals surface area contributed by atoms with Gasteiger partial charge in [-0.05, 0) is 51.3 Å². The number of carbonyl (C=O) groups excluding carboxylic acids is 1. The molecule has 1 saturated carbocycles. The van der Waals surface area contributed by atoms with Crippen LogP contribution in [0.5, 0.6) is 0 Å². The number of benzene rings is 1. The molecule has 3 nitrogen and oxygen atoms in total. The highest BCUT2D eigenvalue weighted by Crippen LogP contribution is 2.40. The van der Waals surface area contributed by atoms with Gasteiger partial charge in [0, 0.05) is 12.0 Å². The highest BCUT2D eigenvalue weighted by molar-refractivity contribution is 5.81. The molecule has 1 N–H and O–H groups in total.